The van der Waals surface area contributed by atoms with Gasteiger partial charge in [0, 0.05) is 6.92 Å². The normalized spacial score (nSPS) is 9.42. The third-order valence-corrected chi connectivity index (χ3v) is 0.995. The van der Waals surface area contributed by atoms with Crippen LogP contribution in [0.25, 0.3) is 0 Å². The summed E-state index contributed by atoms with van der Waals surface area (Å²) in [5.41, 5.74) is -0.566. The van der Waals surface area contributed by atoms with E-state index in [9.17, 15) is 9.59 Å². The molecule has 1 heterocycles. The van der Waals surface area contributed by atoms with Crippen molar-refractivity contribution in [3.8, 4) is 11.6 Å². The standard InChI is InChI=1S/C6H6N2O4/c1-3(9)12-6-4(10)2-5(11)7-8-6/h2H,1H3,(H2,7,10,11). The van der Waals surface area contributed by atoms with Crippen molar-refractivity contribution in [3.05, 3.63) is 16.4 Å². The lowest BCUT2D eigenvalue weighted by molar-refractivity contribution is -0.132. The van der Waals surface area contributed by atoms with Crippen LogP contribution in [0.3, 0.4) is 0 Å². The van der Waals surface area contributed by atoms with Gasteiger partial charge >= 0.3 is 5.97 Å². The van der Waals surface area contributed by atoms with E-state index in [1.165, 1.54) is 0 Å². The fourth-order valence-corrected chi connectivity index (χ4v) is 0.593. The molecule has 0 amide bonds. The fourth-order valence-electron chi connectivity index (χ4n) is 0.593. The zero-order chi connectivity index (χ0) is 9.14. The van der Waals surface area contributed by atoms with E-state index in [2.05, 4.69) is 9.84 Å². The molecular formula is C6H6N2O4. The van der Waals surface area contributed by atoms with Gasteiger partial charge in [-0.3, -0.25) is 9.59 Å². The first-order valence-electron chi connectivity index (χ1n) is 3.06. The van der Waals surface area contributed by atoms with Crippen LogP contribution in [0.15, 0.2) is 10.9 Å². The lowest BCUT2D eigenvalue weighted by atomic mass is 10.5. The topological polar surface area (TPSA) is 92.3 Å². The van der Waals surface area contributed by atoms with Crippen LogP contribution in [-0.2, 0) is 4.79 Å². The van der Waals surface area contributed by atoms with Gasteiger partial charge in [-0.25, -0.2) is 5.10 Å². The number of nitrogens with zero attached hydrogens (tertiary/aromatic N) is 1. The molecule has 12 heavy (non-hydrogen) atoms. The number of nitrogens with one attached hydrogen (secondary N) is 1. The first-order chi connectivity index (χ1) is 5.59. The first-order valence-corrected chi connectivity index (χ1v) is 3.06. The number of hydrogen-bond acceptors (Lipinski definition) is 5. The van der Waals surface area contributed by atoms with Gasteiger partial charge in [0.1, 0.15) is 0 Å². The summed E-state index contributed by atoms with van der Waals surface area (Å²) >= 11 is 0. The largest absolute Gasteiger partial charge is 0.503 e. The van der Waals surface area contributed by atoms with Crippen molar-refractivity contribution >= 4 is 5.97 Å². The molecule has 1 aromatic heterocycles. The molecule has 64 valence electrons. The van der Waals surface area contributed by atoms with Gasteiger partial charge < -0.3 is 9.84 Å². The van der Waals surface area contributed by atoms with Crippen LogP contribution >= 0.6 is 0 Å². The second-order valence-electron chi connectivity index (χ2n) is 2.02. The molecule has 0 unspecified atom stereocenters. The van der Waals surface area contributed by atoms with Crippen LogP contribution in [-0.4, -0.2) is 21.3 Å². The minimum absolute atomic E-state index is 0.304. The highest BCUT2D eigenvalue weighted by molar-refractivity contribution is 5.69. The molecule has 0 aliphatic rings. The van der Waals surface area contributed by atoms with E-state index in [4.69, 9.17) is 5.11 Å². The van der Waals surface area contributed by atoms with E-state index < -0.39 is 17.3 Å². The van der Waals surface area contributed by atoms with Crippen molar-refractivity contribution in [1.82, 2.24) is 10.2 Å². The zero-order valence-electron chi connectivity index (χ0n) is 6.20. The molecule has 6 nitrogen and oxygen atoms in total. The number of H-pyrrole nitrogens is 1. The Labute approximate surface area is 66.8 Å². The summed E-state index contributed by atoms with van der Waals surface area (Å²) in [5, 5.41) is 14.3. The minimum Gasteiger partial charge on any atom is -0.503 e. The molecule has 0 aromatic carbocycles. The summed E-state index contributed by atoms with van der Waals surface area (Å²) < 4.78 is 4.43. The van der Waals surface area contributed by atoms with Crippen molar-refractivity contribution < 1.29 is 14.6 Å². The number of rotatable bonds is 1. The summed E-state index contributed by atoms with van der Waals surface area (Å²) in [6.07, 6.45) is 0. The summed E-state index contributed by atoms with van der Waals surface area (Å²) in [6, 6.07) is 0.866. The van der Waals surface area contributed by atoms with Crippen molar-refractivity contribution in [3.63, 3.8) is 0 Å². The fraction of sp³-hybridized carbons (Fsp3) is 0.167. The van der Waals surface area contributed by atoms with Crippen LogP contribution < -0.4 is 10.3 Å². The highest BCUT2D eigenvalue weighted by Gasteiger charge is 2.06. The number of aromatic nitrogens is 2. The molecule has 0 saturated carbocycles. The van der Waals surface area contributed by atoms with Gasteiger partial charge in [-0.2, -0.15) is 0 Å². The van der Waals surface area contributed by atoms with Crippen LogP contribution in [0.5, 0.6) is 11.6 Å². The smallest absolute Gasteiger partial charge is 0.309 e. The Morgan fingerprint density at radius 3 is 2.92 bits per heavy atom. The van der Waals surface area contributed by atoms with Crippen LogP contribution in [0, 0.1) is 0 Å². The molecule has 6 heteroatoms. The van der Waals surface area contributed by atoms with Crippen molar-refractivity contribution in [2.24, 2.45) is 0 Å². The molecule has 0 atom stereocenters. The Bertz CT molecular complexity index is 357. The highest BCUT2D eigenvalue weighted by Crippen LogP contribution is 2.18. The van der Waals surface area contributed by atoms with E-state index in [0.29, 0.717) is 0 Å². The van der Waals surface area contributed by atoms with Crippen LogP contribution in [0.2, 0.25) is 0 Å². The highest BCUT2D eigenvalue weighted by atomic mass is 16.5. The van der Waals surface area contributed by atoms with Crippen LogP contribution in [0.1, 0.15) is 6.92 Å². The number of hydrogen-bond donors (Lipinski definition) is 2. The van der Waals surface area contributed by atoms with Crippen molar-refractivity contribution in [1.29, 1.82) is 0 Å². The summed E-state index contributed by atoms with van der Waals surface area (Å²) in [6.45, 7) is 1.16. The second kappa shape index (κ2) is 3.04. The molecule has 0 aliphatic carbocycles. The number of aromatic amines is 1. The zero-order valence-corrected chi connectivity index (χ0v) is 6.20. The molecule has 1 aromatic rings. The van der Waals surface area contributed by atoms with Gasteiger partial charge in [0.25, 0.3) is 11.4 Å². The minimum atomic E-state index is -0.621. The third-order valence-electron chi connectivity index (χ3n) is 0.995. The van der Waals surface area contributed by atoms with E-state index in [1.807, 2.05) is 5.10 Å². The van der Waals surface area contributed by atoms with Crippen molar-refractivity contribution in [2.75, 3.05) is 0 Å². The molecule has 1 rings (SSSR count). The SMILES string of the molecule is CC(=O)Oc1n[nH]c(=O)cc1O. The number of esters is 1. The summed E-state index contributed by atoms with van der Waals surface area (Å²) in [5.74, 6) is -1.39. The Hall–Kier alpha value is -1.85. The van der Waals surface area contributed by atoms with Crippen molar-refractivity contribution in [2.45, 2.75) is 6.92 Å². The van der Waals surface area contributed by atoms with E-state index in [-0.39, 0.29) is 5.88 Å². The summed E-state index contributed by atoms with van der Waals surface area (Å²) in [4.78, 5) is 20.9. The molecule has 0 radical (unpaired) electrons. The second-order valence-corrected chi connectivity index (χ2v) is 2.02. The van der Waals surface area contributed by atoms with E-state index in [1.54, 1.807) is 0 Å². The molecule has 0 fully saturated rings. The molecule has 0 saturated heterocycles. The third kappa shape index (κ3) is 1.82. The van der Waals surface area contributed by atoms with E-state index in [0.717, 1.165) is 13.0 Å². The predicted molar refractivity (Wildman–Crippen MR) is 37.8 cm³/mol. The molecule has 0 aliphatic heterocycles. The maximum atomic E-state index is 10.5. The average Bonchev–Trinajstić information content (AvgIpc) is 1.94. The lowest BCUT2D eigenvalue weighted by Crippen LogP contribution is -2.10. The molecule has 0 spiro atoms. The van der Waals surface area contributed by atoms with Gasteiger partial charge in [0.05, 0.1) is 6.07 Å². The lowest BCUT2D eigenvalue weighted by Gasteiger charge is -1.99. The Morgan fingerprint density at radius 1 is 1.75 bits per heavy atom. The number of aromatic hydroxyl groups is 1. The predicted octanol–water partition coefficient (Wildman–Crippen LogP) is -0.599. The van der Waals surface area contributed by atoms with Gasteiger partial charge in [0.15, 0.2) is 5.75 Å². The first kappa shape index (κ1) is 8.25. The van der Waals surface area contributed by atoms with E-state index >= 15 is 0 Å². The Kier molecular flexibility index (Phi) is 2.09. The molecule has 0 bridgehead atoms. The van der Waals surface area contributed by atoms with Gasteiger partial charge in [-0.1, -0.05) is 0 Å². The van der Waals surface area contributed by atoms with Crippen LogP contribution in [0.4, 0.5) is 0 Å². The van der Waals surface area contributed by atoms with Gasteiger partial charge in [-0.05, 0) is 0 Å². The maximum Gasteiger partial charge on any atom is 0.309 e. The quantitative estimate of drug-likeness (QED) is 0.549. The van der Waals surface area contributed by atoms with Gasteiger partial charge in [0.2, 0.25) is 0 Å². The number of carbonyl (C=O) groups is 1. The molecular weight excluding hydrogens is 164 g/mol. The number of ether oxygens (including phenoxy) is 1. The Balaban J connectivity index is 3.01. The number of carbonyl (C=O) groups excluding carboxylic acids is 1. The summed E-state index contributed by atoms with van der Waals surface area (Å²) in [7, 11) is 0. The average molecular weight is 170 g/mol. The monoisotopic (exact) mass is 170 g/mol. The Morgan fingerprint density at radius 2 is 2.42 bits per heavy atom. The molecule has 2 N–H and O–H groups in total. The maximum absolute atomic E-state index is 10.5. The van der Waals surface area contributed by atoms with Gasteiger partial charge in [-0.15, -0.1) is 5.10 Å².